The second-order valence-corrected chi connectivity index (χ2v) is 28.8. The fourth-order valence-electron chi connectivity index (χ4n) is 14.5. The lowest BCUT2D eigenvalue weighted by Crippen LogP contribution is -2.69. The van der Waals surface area contributed by atoms with E-state index in [4.69, 9.17) is 90.0 Å². The highest BCUT2D eigenvalue weighted by Gasteiger charge is 2.61. The highest BCUT2D eigenvalue weighted by molar-refractivity contribution is 5.73. The Hall–Kier alpha value is -2.53. The van der Waals surface area contributed by atoms with E-state index in [0.717, 1.165) is 6.92 Å². The number of hydrogen-bond donors (Lipinski definition) is 32. The molecule has 1 unspecified atom stereocenters. The van der Waals surface area contributed by atoms with Gasteiger partial charge in [0.2, 0.25) is 5.91 Å². The van der Waals surface area contributed by atoms with Gasteiger partial charge in [-0.2, -0.15) is 0 Å². The van der Waals surface area contributed by atoms with Crippen molar-refractivity contribution in [2.75, 3.05) is 66.1 Å². The zero-order valence-corrected chi connectivity index (χ0v) is 60.0. The van der Waals surface area contributed by atoms with Crippen molar-refractivity contribution >= 4 is 5.91 Å². The van der Waals surface area contributed by atoms with Crippen LogP contribution in [0.2, 0.25) is 0 Å². The van der Waals surface area contributed by atoms with E-state index >= 15 is 0 Å². The fraction of sp³-hybridized carbons (Fsp3) is 0.984. The number of amides is 1. The van der Waals surface area contributed by atoms with Gasteiger partial charge in [-0.05, 0) is 0 Å². The van der Waals surface area contributed by atoms with Crippen LogP contribution < -0.4 is 5.32 Å². The van der Waals surface area contributed by atoms with Crippen molar-refractivity contribution in [2.45, 2.75) is 314 Å². The summed E-state index contributed by atoms with van der Waals surface area (Å²) in [7, 11) is 0. The zero-order valence-electron chi connectivity index (χ0n) is 60.0. The summed E-state index contributed by atoms with van der Waals surface area (Å²) in [5, 5.41) is 343. The molecule has 50 atom stereocenters. The second kappa shape index (κ2) is 40.6. The number of aliphatic hydroxyl groups is 31. The third-order valence-corrected chi connectivity index (χ3v) is 21.2. The van der Waals surface area contributed by atoms with Crippen LogP contribution in [0.15, 0.2) is 0 Å². The number of aliphatic hydroxyl groups excluding tert-OH is 31. The fourth-order valence-corrected chi connectivity index (χ4v) is 14.5. The molecule has 664 valence electrons. The largest absolute Gasteiger partial charge is 0.394 e. The van der Waals surface area contributed by atoms with Gasteiger partial charge < -0.3 is 254 Å². The maximum Gasteiger partial charge on any atom is 0.217 e. The van der Waals surface area contributed by atoms with Crippen LogP contribution in [0.3, 0.4) is 0 Å². The molecular formula is C62H105NO51. The Labute approximate surface area is 642 Å². The third kappa shape index (κ3) is 19.9. The van der Waals surface area contributed by atoms with Crippen LogP contribution in [0.4, 0.5) is 0 Å². The van der Waals surface area contributed by atoms with Gasteiger partial charge in [-0.3, -0.25) is 4.79 Å². The molecular weight excluding hydrogens is 1570 g/mol. The maximum absolute atomic E-state index is 12.7. The summed E-state index contributed by atoms with van der Waals surface area (Å²) < 4.78 is 110. The number of hydrogen-bond acceptors (Lipinski definition) is 51. The molecule has 10 aliphatic rings. The number of ether oxygens (including phenoxy) is 19. The van der Waals surface area contributed by atoms with Gasteiger partial charge in [0.1, 0.15) is 244 Å². The van der Waals surface area contributed by atoms with Crippen molar-refractivity contribution in [2.24, 2.45) is 0 Å². The molecule has 52 heteroatoms. The van der Waals surface area contributed by atoms with Gasteiger partial charge in [0.05, 0.1) is 66.1 Å². The van der Waals surface area contributed by atoms with Gasteiger partial charge in [0.15, 0.2) is 62.9 Å². The summed E-state index contributed by atoms with van der Waals surface area (Å²) >= 11 is 0. The number of rotatable bonds is 29. The van der Waals surface area contributed by atoms with Crippen molar-refractivity contribution in [3.63, 3.8) is 0 Å². The second-order valence-electron chi connectivity index (χ2n) is 28.8. The highest BCUT2D eigenvalue weighted by atomic mass is 16.8. The molecule has 0 aromatic rings. The summed E-state index contributed by atoms with van der Waals surface area (Å²) in [5.41, 5.74) is 0. The standard InChI is InChI=1S/C62H105NO51/c1-12(71)63-23-33(81)47(19(8-70)99-53(23)95)109-59-46(94)49(111-62-52(40(88)30(78)20(108-62)9-96-54-41(89)34(82)24(72)13(2-64)100-54)114-61-51(39(87)29(77)18(7-69)105-61)113-58-44(92)37(85)27(75)16(5-67)103-58)32(80)22(107-59)10-97-55-45(93)48(110-56-42(90)35(83)25(73)14(3-65)101-56)31(79)21(106-55)11-98-60-50(38(86)28(76)17(6-68)104-60)112-57-43(91)36(84)26(74)15(4-66)102-57/h13-62,64-70,72-95H,2-11H2,1H3,(H,63,71)/t13-,14-,15-,16-,17-,18-,19-,20-,21-,22-,23-,24-,25-,26-,27-,28-,29-,30-,31-,32-,33-,34+,35+,36+,37+,38+,39+,40+,41+,42+,43+,44+,45+,46+,47-,48+,49+,50+,51+,52+,53?,54+,55+,56-,57-,58-,59-,60+,61-,62-/m1/s1. The Morgan fingerprint density at radius 1 is 0.228 bits per heavy atom. The molecule has 10 rings (SSSR count). The van der Waals surface area contributed by atoms with E-state index < -0.39 is 379 Å². The average Bonchev–Trinajstić information content (AvgIpc) is 0.764. The molecule has 0 radical (unpaired) electrons. The van der Waals surface area contributed by atoms with Crippen LogP contribution >= 0.6 is 0 Å². The minimum Gasteiger partial charge on any atom is -0.394 e. The van der Waals surface area contributed by atoms with Gasteiger partial charge in [0, 0.05) is 6.92 Å². The molecule has 32 N–H and O–H groups in total. The van der Waals surface area contributed by atoms with Gasteiger partial charge in [-0.1, -0.05) is 0 Å². The predicted octanol–water partition coefficient (Wildman–Crippen LogP) is -22.7. The molecule has 114 heavy (non-hydrogen) atoms. The van der Waals surface area contributed by atoms with Crippen molar-refractivity contribution < 1.29 is 253 Å². The van der Waals surface area contributed by atoms with Crippen LogP contribution in [0.1, 0.15) is 6.92 Å². The predicted molar refractivity (Wildman–Crippen MR) is 341 cm³/mol. The van der Waals surface area contributed by atoms with Crippen LogP contribution in [-0.2, 0) is 94.8 Å². The van der Waals surface area contributed by atoms with E-state index in [1.807, 2.05) is 0 Å². The summed E-state index contributed by atoms with van der Waals surface area (Å²) in [5.74, 6) is -0.891. The molecule has 10 heterocycles. The number of nitrogens with one attached hydrogen (secondary N) is 1. The summed E-state index contributed by atoms with van der Waals surface area (Å²) in [6, 6.07) is -1.83. The topological polar surface area (TPSA) is 832 Å². The Kier molecular flexibility index (Phi) is 33.4. The van der Waals surface area contributed by atoms with Gasteiger partial charge in [-0.15, -0.1) is 0 Å². The number of carbonyl (C=O) groups is 1. The SMILES string of the molecule is CC(=O)N[C@H]1C(O)O[C@H](CO)[C@@H](O[C@H]2O[C@H](CO[C@H]3O[C@H](CO[C@H]4O[C@H](CO)[C@@H](O)[C@H](O)[C@@H]4O[C@H]4O[C@H](CO)[C@@H](O)[C@H](O)[C@@H]4O)[C@@H](O)[C@H](O[C@H]4O[C@H](CO)[C@@H](O)[C@H](O)[C@@H]4O)[C@@H]3O)[C@@H](O)[C@H](O[C@H]3O[C@H](CO[C@H]4O[C@H](CO)[C@@H](O)[C@H](O)[C@@H]4O)[C@@H](O)[C@H](O)[C@@H]3O[C@H]3O[C@H](CO)[C@@H](O)[C@H](O)[C@@H]3O[C@H]3O[C@H](CO)[C@@H](O)[C@H](O)[C@@H]3O)[C@@H]2O)[C@@H]1O. The van der Waals surface area contributed by atoms with E-state index in [1.54, 1.807) is 0 Å². The molecule has 0 aromatic heterocycles. The lowest BCUT2D eigenvalue weighted by atomic mass is 9.94. The quantitative estimate of drug-likeness (QED) is 0.0331. The van der Waals surface area contributed by atoms with Crippen molar-refractivity contribution in [3.05, 3.63) is 0 Å². The first-order valence-electron chi connectivity index (χ1n) is 36.2. The van der Waals surface area contributed by atoms with E-state index in [1.165, 1.54) is 0 Å². The molecule has 0 aromatic carbocycles. The summed E-state index contributed by atoms with van der Waals surface area (Å²) in [6.45, 7) is -10.0. The monoisotopic (exact) mass is 1680 g/mol. The summed E-state index contributed by atoms with van der Waals surface area (Å²) in [6.07, 6.45) is -106. The maximum atomic E-state index is 12.7. The first kappa shape index (κ1) is 93.7. The molecule has 0 spiro atoms. The van der Waals surface area contributed by atoms with E-state index in [-0.39, 0.29) is 0 Å². The van der Waals surface area contributed by atoms with Crippen molar-refractivity contribution in [1.29, 1.82) is 0 Å². The summed E-state index contributed by atoms with van der Waals surface area (Å²) in [4.78, 5) is 12.4. The average molecular weight is 1680 g/mol. The van der Waals surface area contributed by atoms with Crippen molar-refractivity contribution in [1.82, 2.24) is 5.32 Å². The minimum atomic E-state index is -2.63. The first-order valence-corrected chi connectivity index (χ1v) is 36.2. The van der Waals surface area contributed by atoms with E-state index in [0.29, 0.717) is 0 Å². The Bertz CT molecular complexity index is 2910. The normalized spacial score (nSPS) is 52.6. The lowest BCUT2D eigenvalue weighted by Gasteiger charge is -2.50. The van der Waals surface area contributed by atoms with E-state index in [2.05, 4.69) is 5.32 Å². The minimum absolute atomic E-state index is 0.891. The third-order valence-electron chi connectivity index (χ3n) is 21.2. The number of carbonyl (C=O) groups excluding carboxylic acids is 1. The molecule has 52 nitrogen and oxygen atoms in total. The lowest BCUT2D eigenvalue weighted by molar-refractivity contribution is -0.409. The smallest absolute Gasteiger partial charge is 0.217 e. The van der Waals surface area contributed by atoms with Gasteiger partial charge in [-0.25, -0.2) is 0 Å². The van der Waals surface area contributed by atoms with Crippen molar-refractivity contribution in [3.8, 4) is 0 Å². The molecule has 0 aliphatic carbocycles. The Morgan fingerprint density at radius 2 is 0.465 bits per heavy atom. The molecule has 10 fully saturated rings. The first-order chi connectivity index (χ1) is 54.0. The zero-order chi connectivity index (χ0) is 83.7. The molecule has 0 bridgehead atoms. The Morgan fingerprint density at radius 3 is 0.851 bits per heavy atom. The van der Waals surface area contributed by atoms with Gasteiger partial charge in [0.25, 0.3) is 0 Å². The van der Waals surface area contributed by atoms with Crippen LogP contribution in [-0.4, -0.2) is 537 Å². The molecule has 10 aliphatic heterocycles. The van der Waals surface area contributed by atoms with Gasteiger partial charge >= 0.3 is 0 Å². The molecule has 10 saturated heterocycles. The van der Waals surface area contributed by atoms with Crippen LogP contribution in [0, 0.1) is 0 Å². The van der Waals surface area contributed by atoms with E-state index in [9.17, 15) is 163 Å². The highest BCUT2D eigenvalue weighted by Crippen LogP contribution is 2.40. The van der Waals surface area contributed by atoms with Crippen LogP contribution in [0.25, 0.3) is 0 Å². The molecule has 0 saturated carbocycles. The molecule has 1 amide bonds. The Balaban J connectivity index is 1.00. The van der Waals surface area contributed by atoms with Crippen LogP contribution in [0.5, 0.6) is 0 Å².